The molecule has 2 aromatic rings. The molecule has 0 spiro atoms. The minimum absolute atomic E-state index is 0.193. The maximum atomic E-state index is 11.0. The van der Waals surface area contributed by atoms with Crippen LogP contribution < -0.4 is 0 Å². The van der Waals surface area contributed by atoms with Gasteiger partial charge in [-0.05, 0) is 0 Å². The van der Waals surface area contributed by atoms with Gasteiger partial charge < -0.3 is 19.5 Å². The van der Waals surface area contributed by atoms with Crippen LogP contribution in [0.5, 0.6) is 5.88 Å². The fourth-order valence-electron chi connectivity index (χ4n) is 2.10. The fraction of sp³-hybridized carbons (Fsp3) is 0.500. The van der Waals surface area contributed by atoms with Gasteiger partial charge in [0.2, 0.25) is 5.88 Å². The average Bonchev–Trinajstić information content (AvgIpc) is 2.90. The minimum Gasteiger partial charge on any atom is -0.492 e. The predicted molar refractivity (Wildman–Crippen MR) is 80.6 cm³/mol. The van der Waals surface area contributed by atoms with E-state index in [0.717, 1.165) is 0 Å². The highest BCUT2D eigenvalue weighted by Crippen LogP contribution is 2.33. The molecule has 2 heterocycles. The first-order chi connectivity index (χ1) is 10.9. The maximum absolute atomic E-state index is 11.0. The second-order valence-electron chi connectivity index (χ2n) is 4.95. The average molecular weight is 340 g/mol. The van der Waals surface area contributed by atoms with E-state index in [1.165, 1.54) is 12.7 Å². The lowest BCUT2D eigenvalue weighted by Crippen LogP contribution is -2.31. The summed E-state index contributed by atoms with van der Waals surface area (Å²) < 4.78 is 12.7. The molecule has 3 N–H and O–H groups in total. The van der Waals surface area contributed by atoms with Crippen molar-refractivity contribution in [2.75, 3.05) is 25.8 Å². The molecule has 0 saturated heterocycles. The lowest BCUT2D eigenvalue weighted by atomic mass is 10.4. The molecule has 124 valence electrons. The van der Waals surface area contributed by atoms with Crippen LogP contribution in [-0.2, 0) is 11.1 Å². The largest absolute Gasteiger partial charge is 0.492 e. The Morgan fingerprint density at radius 1 is 1.26 bits per heavy atom. The predicted octanol–water partition coefficient (Wildman–Crippen LogP) is -0.0747. The van der Waals surface area contributed by atoms with Crippen LogP contribution in [0.1, 0.15) is 6.42 Å². The molecule has 0 radical (unpaired) electrons. The normalized spacial score (nSPS) is 11.9. The summed E-state index contributed by atoms with van der Waals surface area (Å²) >= 11 is 0. The van der Waals surface area contributed by atoms with Crippen molar-refractivity contribution >= 4 is 18.8 Å². The summed E-state index contributed by atoms with van der Waals surface area (Å²) in [7, 11) is -4.08. The molecule has 2 aromatic heterocycles. The highest BCUT2D eigenvalue weighted by Gasteiger charge is 2.16. The van der Waals surface area contributed by atoms with Crippen molar-refractivity contribution in [1.82, 2.24) is 24.4 Å². The summed E-state index contributed by atoms with van der Waals surface area (Å²) in [6.07, 6.45) is 2.77. The third kappa shape index (κ3) is 4.97. The van der Waals surface area contributed by atoms with Crippen LogP contribution in [0.3, 0.4) is 0 Å². The van der Waals surface area contributed by atoms with E-state index in [1.807, 2.05) is 6.07 Å². The molecule has 0 aliphatic rings. The molecular formula is C12H17N6O4P. The van der Waals surface area contributed by atoms with E-state index in [-0.39, 0.29) is 25.0 Å². The molecule has 10 nitrogen and oxygen atoms in total. The molecule has 0 atom stereocenters. The molecule has 0 saturated carbocycles. The Bertz CT molecular complexity index is 752. The standard InChI is InChI=1S/C12H17N6O4P/c13-2-1-3-17(6-7-23(20,21)22)4-5-18-9-16-10-11(18)14-8-15-12(10)19/h8-9H,1,3-7H2,(H,14,15,19)(H2,20,21,22). The molecule has 0 fully saturated rings. The molecule has 0 aromatic carbocycles. The molecule has 0 amide bonds. The third-order valence-electron chi connectivity index (χ3n) is 3.29. The number of rotatable bonds is 8. The number of nitrogens with zero attached hydrogens (tertiary/aromatic N) is 6. The molecule has 2 rings (SSSR count). The Morgan fingerprint density at radius 2 is 2.04 bits per heavy atom. The summed E-state index contributed by atoms with van der Waals surface area (Å²) in [6, 6.07) is 2.02. The second-order valence-corrected chi connectivity index (χ2v) is 6.72. The van der Waals surface area contributed by atoms with E-state index in [2.05, 4.69) is 15.0 Å². The number of hydrogen-bond acceptors (Lipinski definition) is 7. The number of aromatic nitrogens is 4. The first kappa shape index (κ1) is 17.3. The Labute approximate surface area is 132 Å². The first-order valence-electron chi connectivity index (χ1n) is 6.89. The number of fused-ring (bicyclic) bond motifs is 1. The second kappa shape index (κ2) is 7.48. The van der Waals surface area contributed by atoms with Gasteiger partial charge in [-0.3, -0.25) is 9.46 Å². The maximum Gasteiger partial charge on any atom is 0.326 e. The zero-order valence-corrected chi connectivity index (χ0v) is 13.2. The van der Waals surface area contributed by atoms with Crippen molar-refractivity contribution in [1.29, 1.82) is 5.26 Å². The van der Waals surface area contributed by atoms with E-state index in [0.29, 0.717) is 30.8 Å². The number of imidazole rings is 1. The minimum atomic E-state index is -4.08. The molecule has 0 aliphatic carbocycles. The molecule has 0 unspecified atom stereocenters. The van der Waals surface area contributed by atoms with Crippen molar-refractivity contribution in [2.45, 2.75) is 13.0 Å². The summed E-state index contributed by atoms with van der Waals surface area (Å²) in [6.45, 7) is 1.54. The Kier molecular flexibility index (Phi) is 5.63. The van der Waals surface area contributed by atoms with Crippen LogP contribution in [0.25, 0.3) is 11.2 Å². The Balaban J connectivity index is 2.03. The van der Waals surface area contributed by atoms with Gasteiger partial charge in [-0.25, -0.2) is 9.97 Å². The SMILES string of the molecule is N#CCCN(CCn1cnc2c(O)ncnc21)CCP(=O)(O)O. The lowest BCUT2D eigenvalue weighted by molar-refractivity contribution is 0.275. The molecule has 11 heteroatoms. The number of hydrogen-bond donors (Lipinski definition) is 3. The van der Waals surface area contributed by atoms with Crippen molar-refractivity contribution in [3.05, 3.63) is 12.7 Å². The van der Waals surface area contributed by atoms with Crippen molar-refractivity contribution < 1.29 is 19.5 Å². The topological polar surface area (TPSA) is 148 Å². The van der Waals surface area contributed by atoms with Crippen LogP contribution in [0.2, 0.25) is 0 Å². The molecule has 23 heavy (non-hydrogen) atoms. The van der Waals surface area contributed by atoms with Gasteiger partial charge in [-0.2, -0.15) is 10.2 Å². The van der Waals surface area contributed by atoms with Gasteiger partial charge in [0.05, 0.1) is 18.6 Å². The van der Waals surface area contributed by atoms with E-state index in [4.69, 9.17) is 15.0 Å². The van der Waals surface area contributed by atoms with Gasteiger partial charge in [0.25, 0.3) is 0 Å². The van der Waals surface area contributed by atoms with Gasteiger partial charge in [0.1, 0.15) is 6.33 Å². The van der Waals surface area contributed by atoms with Crippen LogP contribution >= 0.6 is 7.60 Å². The summed E-state index contributed by atoms with van der Waals surface area (Å²) in [4.78, 5) is 31.5. The summed E-state index contributed by atoms with van der Waals surface area (Å²) in [5, 5.41) is 18.3. The Morgan fingerprint density at radius 3 is 2.74 bits per heavy atom. The van der Waals surface area contributed by atoms with Gasteiger partial charge >= 0.3 is 7.60 Å². The third-order valence-corrected chi connectivity index (χ3v) is 4.07. The van der Waals surface area contributed by atoms with Gasteiger partial charge in [-0.1, -0.05) is 0 Å². The first-order valence-corrected chi connectivity index (χ1v) is 8.69. The van der Waals surface area contributed by atoms with E-state index in [1.54, 1.807) is 9.47 Å². The molecular weight excluding hydrogens is 323 g/mol. The zero-order valence-electron chi connectivity index (χ0n) is 12.3. The van der Waals surface area contributed by atoms with E-state index in [9.17, 15) is 9.67 Å². The molecule has 0 bridgehead atoms. The molecule has 0 aliphatic heterocycles. The van der Waals surface area contributed by atoms with E-state index >= 15 is 0 Å². The highest BCUT2D eigenvalue weighted by atomic mass is 31.2. The quantitative estimate of drug-likeness (QED) is 0.561. The van der Waals surface area contributed by atoms with Crippen molar-refractivity contribution in [2.24, 2.45) is 0 Å². The van der Waals surface area contributed by atoms with Crippen LogP contribution in [0.4, 0.5) is 0 Å². The fourth-order valence-corrected chi connectivity index (χ4v) is 2.64. The van der Waals surface area contributed by atoms with Crippen molar-refractivity contribution in [3.8, 4) is 11.9 Å². The zero-order chi connectivity index (χ0) is 16.9. The summed E-state index contributed by atoms with van der Waals surface area (Å²) in [5.41, 5.74) is 0.777. The van der Waals surface area contributed by atoms with Crippen molar-refractivity contribution in [3.63, 3.8) is 0 Å². The van der Waals surface area contributed by atoms with Gasteiger partial charge in [0, 0.05) is 32.6 Å². The highest BCUT2D eigenvalue weighted by molar-refractivity contribution is 7.51. The smallest absolute Gasteiger partial charge is 0.326 e. The van der Waals surface area contributed by atoms with Gasteiger partial charge in [-0.15, -0.1) is 0 Å². The number of nitriles is 1. The number of aromatic hydroxyl groups is 1. The Hall–Kier alpha value is -2.05. The van der Waals surface area contributed by atoms with Crippen LogP contribution in [0.15, 0.2) is 12.7 Å². The monoisotopic (exact) mass is 340 g/mol. The van der Waals surface area contributed by atoms with Crippen LogP contribution in [0, 0.1) is 11.3 Å². The van der Waals surface area contributed by atoms with Crippen LogP contribution in [-0.4, -0.2) is 65.1 Å². The lowest BCUT2D eigenvalue weighted by Gasteiger charge is -2.21. The van der Waals surface area contributed by atoms with E-state index < -0.39 is 7.60 Å². The van der Waals surface area contributed by atoms with Gasteiger partial charge in [0.15, 0.2) is 11.2 Å². The summed E-state index contributed by atoms with van der Waals surface area (Å²) in [5.74, 6) is -0.198.